The monoisotopic (exact) mass is 522 g/mol. The molecule has 2 fully saturated rings. The van der Waals surface area contributed by atoms with Crippen LogP contribution in [0.3, 0.4) is 0 Å². The summed E-state index contributed by atoms with van der Waals surface area (Å²) in [5, 5.41) is 23.0. The van der Waals surface area contributed by atoms with Crippen molar-refractivity contribution in [2.75, 3.05) is 33.1 Å². The van der Waals surface area contributed by atoms with Crippen LogP contribution in [0.5, 0.6) is 5.75 Å². The molecule has 0 saturated heterocycles. The lowest BCUT2D eigenvalue weighted by Gasteiger charge is -2.52. The average molecular weight is 523 g/mol. The average Bonchev–Trinajstić information content (AvgIpc) is 3.35. The van der Waals surface area contributed by atoms with Crippen LogP contribution in [-0.4, -0.2) is 83.9 Å². The summed E-state index contributed by atoms with van der Waals surface area (Å²) in [4.78, 5) is 70.4. The summed E-state index contributed by atoms with van der Waals surface area (Å²) >= 11 is 0. The number of aliphatic hydroxyl groups is 1. The number of fused-ring (bicyclic) bond motifs is 3. The van der Waals surface area contributed by atoms with Gasteiger partial charge in [-0.05, 0) is 57.5 Å². The van der Waals surface area contributed by atoms with Crippen molar-refractivity contribution in [2.45, 2.75) is 31.4 Å². The number of nitrogens with zero attached hydrogens (tertiary/aromatic N) is 2. The van der Waals surface area contributed by atoms with E-state index in [4.69, 9.17) is 4.42 Å². The molecular formula is C28H30N2O8. The van der Waals surface area contributed by atoms with Gasteiger partial charge in [-0.3, -0.25) is 28.9 Å². The molecule has 3 aliphatic rings. The Morgan fingerprint density at radius 1 is 1.11 bits per heavy atom. The third-order valence-electron chi connectivity index (χ3n) is 8.47. The molecule has 10 heteroatoms. The van der Waals surface area contributed by atoms with Crippen LogP contribution in [0.4, 0.5) is 5.69 Å². The van der Waals surface area contributed by atoms with Crippen LogP contribution in [0, 0.1) is 23.7 Å². The summed E-state index contributed by atoms with van der Waals surface area (Å²) in [7, 11) is 6.78. The number of carbonyl (C=O) groups is 5. The number of rotatable bonds is 4. The third kappa shape index (κ3) is 3.36. The van der Waals surface area contributed by atoms with Crippen LogP contribution in [0.15, 0.2) is 29.1 Å². The van der Waals surface area contributed by atoms with Gasteiger partial charge in [0.2, 0.25) is 0 Å². The van der Waals surface area contributed by atoms with Gasteiger partial charge < -0.3 is 19.5 Å². The van der Waals surface area contributed by atoms with Gasteiger partial charge in [0.15, 0.2) is 28.7 Å². The summed E-state index contributed by atoms with van der Waals surface area (Å²) in [6, 6.07) is 2.33. The van der Waals surface area contributed by atoms with Crippen molar-refractivity contribution in [1.82, 2.24) is 4.90 Å². The van der Waals surface area contributed by atoms with E-state index in [1.165, 1.54) is 17.4 Å². The molecule has 0 amide bonds. The number of anilines is 1. The number of hydrogen-bond donors (Lipinski definition) is 2. The maximum absolute atomic E-state index is 14.0. The Bertz CT molecular complexity index is 1390. The molecule has 10 nitrogen and oxygen atoms in total. The first-order chi connectivity index (χ1) is 17.8. The first kappa shape index (κ1) is 26.0. The zero-order valence-corrected chi connectivity index (χ0v) is 21.8. The van der Waals surface area contributed by atoms with Crippen molar-refractivity contribution in [1.29, 1.82) is 0 Å². The van der Waals surface area contributed by atoms with Gasteiger partial charge in [0.1, 0.15) is 17.5 Å². The van der Waals surface area contributed by atoms with E-state index in [1.807, 2.05) is 4.90 Å². The second-order valence-corrected chi connectivity index (χ2v) is 11.0. The molecule has 2 aromatic rings. The van der Waals surface area contributed by atoms with Crippen LogP contribution in [-0.2, 0) is 25.6 Å². The SMILES string of the molecule is CC(=O)C1C(=O)C(N(C)C)[C@H]2C[C@H]3Cc4c(N(C)C)cc(-c5ccoc5)c(O)c4C(=O)C3C(=O)[C@@]2(O)C1=O. The second kappa shape index (κ2) is 8.71. The Morgan fingerprint density at radius 3 is 2.34 bits per heavy atom. The van der Waals surface area contributed by atoms with Crippen LogP contribution in [0.1, 0.15) is 29.3 Å². The topological polar surface area (TPSA) is 145 Å². The minimum Gasteiger partial charge on any atom is -0.507 e. The Labute approximate surface area is 219 Å². The molecule has 200 valence electrons. The molecule has 3 aliphatic carbocycles. The lowest BCUT2D eigenvalue weighted by atomic mass is 9.52. The van der Waals surface area contributed by atoms with Crippen LogP contribution < -0.4 is 4.90 Å². The molecular weight excluding hydrogens is 492 g/mol. The van der Waals surface area contributed by atoms with E-state index >= 15 is 0 Å². The standard InChI is InChI=1S/C28H30N2O8/c1-12(31)19-25(34)22(30(4)5)17-9-14-8-16-18(29(2)3)10-15(13-6-7-38-11-13)23(32)21(16)24(33)20(14)27(36)28(17,37)26(19)35/h6-7,10-11,14,17,19-20,22,32,37H,8-9H2,1-5H3/t14-,17-,19?,20?,22?,28+/m1/s1. The van der Waals surface area contributed by atoms with Crippen LogP contribution in [0.25, 0.3) is 11.1 Å². The molecule has 0 aliphatic heterocycles. The fraction of sp³-hybridized carbons (Fsp3) is 0.464. The first-order valence-electron chi connectivity index (χ1n) is 12.5. The normalized spacial score (nSPS) is 30.7. The van der Waals surface area contributed by atoms with Crippen molar-refractivity contribution in [2.24, 2.45) is 23.7 Å². The van der Waals surface area contributed by atoms with Crippen molar-refractivity contribution in [3.8, 4) is 16.9 Å². The molecule has 6 atom stereocenters. The van der Waals surface area contributed by atoms with Gasteiger partial charge in [-0.25, -0.2) is 0 Å². The minimum atomic E-state index is -2.67. The van der Waals surface area contributed by atoms with Gasteiger partial charge in [0.05, 0.1) is 30.0 Å². The fourth-order valence-corrected chi connectivity index (χ4v) is 6.80. The molecule has 0 radical (unpaired) electrons. The lowest BCUT2D eigenvalue weighted by Crippen LogP contribution is -2.73. The predicted molar refractivity (Wildman–Crippen MR) is 135 cm³/mol. The molecule has 1 aromatic carbocycles. The third-order valence-corrected chi connectivity index (χ3v) is 8.47. The van der Waals surface area contributed by atoms with Gasteiger partial charge in [-0.1, -0.05) is 0 Å². The predicted octanol–water partition coefficient (Wildman–Crippen LogP) is 1.30. The van der Waals surface area contributed by atoms with Gasteiger partial charge in [0, 0.05) is 36.8 Å². The second-order valence-electron chi connectivity index (χ2n) is 11.0. The largest absolute Gasteiger partial charge is 0.507 e. The van der Waals surface area contributed by atoms with Crippen molar-refractivity contribution in [3.05, 3.63) is 35.8 Å². The van der Waals surface area contributed by atoms with E-state index < -0.39 is 64.2 Å². The molecule has 5 rings (SSSR count). The lowest BCUT2D eigenvalue weighted by molar-refractivity contribution is -0.181. The highest BCUT2D eigenvalue weighted by Crippen LogP contribution is 2.53. The Kier molecular flexibility index (Phi) is 5.96. The smallest absolute Gasteiger partial charge is 0.190 e. The number of carbonyl (C=O) groups excluding carboxylic acids is 5. The van der Waals surface area contributed by atoms with E-state index in [1.54, 1.807) is 40.3 Å². The number of Topliss-reactive ketones (excluding diaryl/α,β-unsaturated/α-hetero) is 5. The Morgan fingerprint density at radius 2 is 1.79 bits per heavy atom. The maximum Gasteiger partial charge on any atom is 0.190 e. The summed E-state index contributed by atoms with van der Waals surface area (Å²) < 4.78 is 5.16. The summed E-state index contributed by atoms with van der Waals surface area (Å²) in [6.45, 7) is 1.08. The first-order valence-corrected chi connectivity index (χ1v) is 12.5. The summed E-state index contributed by atoms with van der Waals surface area (Å²) in [5.41, 5.74) is -0.593. The van der Waals surface area contributed by atoms with Crippen molar-refractivity contribution in [3.63, 3.8) is 0 Å². The Balaban J connectivity index is 1.69. The number of phenolic OH excluding ortho intramolecular Hbond substituents is 1. The molecule has 0 bridgehead atoms. The van der Waals surface area contributed by atoms with E-state index in [0.717, 1.165) is 6.92 Å². The summed E-state index contributed by atoms with van der Waals surface area (Å²) in [6.07, 6.45) is 3.12. The molecule has 38 heavy (non-hydrogen) atoms. The van der Waals surface area contributed by atoms with Gasteiger partial charge >= 0.3 is 0 Å². The number of phenols is 1. The van der Waals surface area contributed by atoms with Crippen molar-refractivity contribution >= 4 is 34.6 Å². The number of benzene rings is 1. The highest BCUT2D eigenvalue weighted by molar-refractivity contribution is 6.32. The van der Waals surface area contributed by atoms with E-state index in [2.05, 4.69) is 0 Å². The van der Waals surface area contributed by atoms with Gasteiger partial charge in [0.25, 0.3) is 0 Å². The quantitative estimate of drug-likeness (QED) is 0.564. The van der Waals surface area contributed by atoms with Gasteiger partial charge in [-0.2, -0.15) is 0 Å². The number of likely N-dealkylation sites (N-methyl/N-ethyl adjacent to an activating group) is 1. The number of ketones is 5. The molecule has 1 heterocycles. The Hall–Kier alpha value is -3.63. The van der Waals surface area contributed by atoms with Gasteiger partial charge in [-0.15, -0.1) is 0 Å². The van der Waals surface area contributed by atoms with E-state index in [0.29, 0.717) is 22.4 Å². The number of aromatic hydroxyl groups is 1. The van der Waals surface area contributed by atoms with Crippen molar-refractivity contribution < 1.29 is 38.6 Å². The number of hydrogen-bond acceptors (Lipinski definition) is 10. The zero-order valence-electron chi connectivity index (χ0n) is 21.8. The van der Waals surface area contributed by atoms with E-state index in [9.17, 15) is 34.2 Å². The highest BCUT2D eigenvalue weighted by Gasteiger charge is 2.69. The number of furan rings is 1. The van der Waals surface area contributed by atoms with Crippen LogP contribution in [0.2, 0.25) is 0 Å². The summed E-state index contributed by atoms with van der Waals surface area (Å²) in [5.74, 6) is -9.48. The minimum absolute atomic E-state index is 0.0318. The molecule has 2 N–H and O–H groups in total. The maximum atomic E-state index is 14.0. The zero-order chi connectivity index (χ0) is 27.8. The van der Waals surface area contributed by atoms with Crippen LogP contribution >= 0.6 is 0 Å². The molecule has 0 spiro atoms. The van der Waals surface area contributed by atoms with E-state index in [-0.39, 0.29) is 24.2 Å². The molecule has 2 saturated carbocycles. The molecule has 1 aromatic heterocycles. The fourth-order valence-electron chi connectivity index (χ4n) is 6.80. The molecule has 3 unspecified atom stereocenters. The highest BCUT2D eigenvalue weighted by atomic mass is 16.3.